The Balaban J connectivity index is 2.16. The number of allylic oxidation sites excluding steroid dienone is 2. The van der Waals surface area contributed by atoms with Crippen LogP contribution in [0.15, 0.2) is 40.8 Å². The molecule has 0 saturated heterocycles. The summed E-state index contributed by atoms with van der Waals surface area (Å²) in [6.45, 7) is 2.23. The lowest BCUT2D eigenvalue weighted by Crippen LogP contribution is -2.15. The summed E-state index contributed by atoms with van der Waals surface area (Å²) in [4.78, 5) is 2.14. The minimum atomic E-state index is -1.29. The van der Waals surface area contributed by atoms with Gasteiger partial charge >= 0.3 is 0 Å². The van der Waals surface area contributed by atoms with Crippen LogP contribution in [0.2, 0.25) is 0 Å². The van der Waals surface area contributed by atoms with Crippen molar-refractivity contribution in [1.82, 2.24) is 0 Å². The Labute approximate surface area is 100 Å². The van der Waals surface area contributed by atoms with Gasteiger partial charge in [-0.05, 0) is 19.4 Å². The Bertz CT molecular complexity index is 490. The first-order valence-corrected chi connectivity index (χ1v) is 9.14. The molecule has 3 heteroatoms. The fraction of sp³-hybridized carbons (Fsp3) is 0.333. The van der Waals surface area contributed by atoms with Crippen LogP contribution < -0.4 is 5.30 Å². The Morgan fingerprint density at radius 1 is 1.40 bits per heavy atom. The lowest BCUT2D eigenvalue weighted by atomic mass is 10.3. The fourth-order valence-corrected chi connectivity index (χ4v) is 10.2. The molecule has 0 amide bonds. The molecule has 1 aromatic carbocycles. The molecule has 0 radical (unpaired) electrons. The lowest BCUT2D eigenvalue weighted by Gasteiger charge is -2.28. The number of hydrogen-bond acceptors (Lipinski definition) is 2. The van der Waals surface area contributed by atoms with Crippen LogP contribution in [-0.4, -0.2) is 11.2 Å². The molecule has 0 fully saturated rings. The second-order valence-corrected chi connectivity index (χ2v) is 10.8. The van der Waals surface area contributed by atoms with Crippen molar-refractivity contribution in [3.8, 4) is 0 Å². The molecule has 0 aromatic heterocycles. The zero-order valence-corrected chi connectivity index (χ0v) is 11.2. The minimum Gasteiger partial charge on any atom is -0.116 e. The van der Waals surface area contributed by atoms with Gasteiger partial charge < -0.3 is 0 Å². The highest BCUT2D eigenvalue weighted by molar-refractivity contribution is 8.27. The van der Waals surface area contributed by atoms with Gasteiger partial charge in [-0.3, -0.25) is 0 Å². The lowest BCUT2D eigenvalue weighted by molar-refractivity contribution is 1.10. The number of rotatable bonds is 0. The first-order chi connectivity index (χ1) is 7.20. The Morgan fingerprint density at radius 2 is 2.20 bits per heavy atom. The maximum atomic E-state index is 6.02. The summed E-state index contributed by atoms with van der Waals surface area (Å²) in [6.07, 6.45) is 4.73. The fourth-order valence-electron chi connectivity index (χ4n) is 2.40. The van der Waals surface area contributed by atoms with E-state index in [9.17, 15) is 0 Å². The van der Waals surface area contributed by atoms with Gasteiger partial charge in [-0.1, -0.05) is 41.7 Å². The predicted molar refractivity (Wildman–Crippen MR) is 73.2 cm³/mol. The largest absolute Gasteiger partial charge is 0.116 e. The van der Waals surface area contributed by atoms with Crippen LogP contribution in [-0.2, 0) is 11.8 Å². The van der Waals surface area contributed by atoms with Crippen molar-refractivity contribution < 1.29 is 0 Å². The summed E-state index contributed by atoms with van der Waals surface area (Å²) >= 11 is 8.04. The van der Waals surface area contributed by atoms with Crippen molar-refractivity contribution >= 4 is 34.9 Å². The van der Waals surface area contributed by atoms with Gasteiger partial charge in [-0.2, -0.15) is 0 Å². The summed E-state index contributed by atoms with van der Waals surface area (Å²) in [5.41, 5.74) is 1.51. The molecule has 2 atom stereocenters. The number of thioether (sulfide) groups is 1. The highest BCUT2D eigenvalue weighted by Crippen LogP contribution is 2.65. The molecule has 0 spiro atoms. The van der Waals surface area contributed by atoms with E-state index in [-0.39, 0.29) is 0 Å². The van der Waals surface area contributed by atoms with Crippen molar-refractivity contribution in [3.63, 3.8) is 0 Å². The second kappa shape index (κ2) is 3.48. The van der Waals surface area contributed by atoms with E-state index in [1.54, 1.807) is 0 Å². The van der Waals surface area contributed by atoms with Gasteiger partial charge in [0.25, 0.3) is 0 Å². The van der Waals surface area contributed by atoms with Crippen LogP contribution in [0.3, 0.4) is 0 Å². The van der Waals surface area contributed by atoms with Crippen molar-refractivity contribution in [2.45, 2.75) is 23.2 Å². The maximum absolute atomic E-state index is 6.02. The number of benzene rings is 1. The van der Waals surface area contributed by atoms with E-state index in [4.69, 9.17) is 11.8 Å². The molecule has 1 aromatic rings. The molecule has 0 N–H and O–H groups in total. The average Bonchev–Trinajstić information content (AvgIpc) is 2.51. The Morgan fingerprint density at radius 3 is 3.07 bits per heavy atom. The van der Waals surface area contributed by atoms with E-state index in [0.29, 0.717) is 4.99 Å². The summed E-state index contributed by atoms with van der Waals surface area (Å²) < 4.78 is 0. The molecule has 0 nitrogen and oxygen atoms in total. The van der Waals surface area contributed by atoms with Crippen LogP contribution >= 0.6 is 17.8 Å². The van der Waals surface area contributed by atoms with E-state index in [2.05, 4.69) is 37.3 Å². The van der Waals surface area contributed by atoms with E-state index in [1.807, 2.05) is 11.8 Å². The van der Waals surface area contributed by atoms with Crippen LogP contribution in [0.1, 0.15) is 13.3 Å². The molecule has 0 bridgehead atoms. The summed E-state index contributed by atoms with van der Waals surface area (Å²) in [5.74, 6) is 0. The van der Waals surface area contributed by atoms with Gasteiger partial charge in [0.15, 0.2) is 0 Å². The second-order valence-electron chi connectivity index (χ2n) is 4.28. The molecule has 3 rings (SSSR count). The molecule has 2 unspecified atom stereocenters. The number of hydrogen-bond donors (Lipinski definition) is 0. The SMILES string of the molecule is CC1=CCC2Sc3ccccc3P2(=S)C1. The van der Waals surface area contributed by atoms with Crippen LogP contribution in [0, 0.1) is 0 Å². The first-order valence-electron chi connectivity index (χ1n) is 5.21. The quantitative estimate of drug-likeness (QED) is 0.511. The number of fused-ring (bicyclic) bond motifs is 3. The minimum absolute atomic E-state index is 0.689. The average molecular weight is 252 g/mol. The topological polar surface area (TPSA) is 0 Å². The molecule has 0 saturated carbocycles. The van der Waals surface area contributed by atoms with Gasteiger partial charge in [0.2, 0.25) is 0 Å². The predicted octanol–water partition coefficient (Wildman–Crippen LogP) is 3.57. The Hall–Kier alpha value is -0.0400. The van der Waals surface area contributed by atoms with Gasteiger partial charge in [0.1, 0.15) is 0 Å². The standard InChI is InChI=1S/C12H13PS2/c1-9-6-7-12-13(14,8-9)10-4-2-3-5-11(10)15-12/h2-6,12H,7-8H2,1H3. The van der Waals surface area contributed by atoms with Gasteiger partial charge in [-0.15, -0.1) is 11.8 Å². The van der Waals surface area contributed by atoms with Crippen molar-refractivity contribution in [2.24, 2.45) is 0 Å². The van der Waals surface area contributed by atoms with E-state index >= 15 is 0 Å². The van der Waals surface area contributed by atoms with Crippen LogP contribution in [0.25, 0.3) is 0 Å². The van der Waals surface area contributed by atoms with Gasteiger partial charge in [0.05, 0.1) is 0 Å². The van der Waals surface area contributed by atoms with Crippen molar-refractivity contribution in [1.29, 1.82) is 0 Å². The maximum Gasteiger partial charge on any atom is 0.0461 e. The summed E-state index contributed by atoms with van der Waals surface area (Å²) in [6, 6.07) is 7.48. The van der Waals surface area contributed by atoms with Crippen molar-refractivity contribution in [2.75, 3.05) is 6.16 Å². The third kappa shape index (κ3) is 1.46. The zero-order valence-electron chi connectivity index (χ0n) is 8.64. The zero-order chi connectivity index (χ0) is 10.5. The molecule has 0 aliphatic carbocycles. The monoisotopic (exact) mass is 252 g/mol. The van der Waals surface area contributed by atoms with E-state index in [1.165, 1.54) is 22.2 Å². The molecular weight excluding hydrogens is 239 g/mol. The molecule has 2 aliphatic heterocycles. The van der Waals surface area contributed by atoms with Gasteiger partial charge in [0, 0.05) is 27.4 Å². The normalized spacial score (nSPS) is 33.1. The Kier molecular flexibility index (Phi) is 2.35. The van der Waals surface area contributed by atoms with Crippen LogP contribution in [0.4, 0.5) is 0 Å². The van der Waals surface area contributed by atoms with Gasteiger partial charge in [-0.25, -0.2) is 0 Å². The smallest absolute Gasteiger partial charge is 0.0461 e. The molecular formula is C12H13PS2. The molecule has 2 heterocycles. The third-order valence-corrected chi connectivity index (χ3v) is 11.2. The molecule has 2 aliphatic rings. The summed E-state index contributed by atoms with van der Waals surface area (Å²) in [5, 5.41) is 1.50. The molecule has 15 heavy (non-hydrogen) atoms. The van der Waals surface area contributed by atoms with E-state index in [0.717, 1.165) is 6.16 Å². The highest BCUT2D eigenvalue weighted by atomic mass is 32.4. The highest BCUT2D eigenvalue weighted by Gasteiger charge is 2.40. The van der Waals surface area contributed by atoms with Crippen LogP contribution in [0.5, 0.6) is 0 Å². The first kappa shape index (κ1) is 10.1. The van der Waals surface area contributed by atoms with E-state index < -0.39 is 6.04 Å². The molecule has 78 valence electrons. The summed E-state index contributed by atoms with van der Waals surface area (Å²) in [7, 11) is 0. The third-order valence-electron chi connectivity index (χ3n) is 3.15. The van der Waals surface area contributed by atoms with Crippen molar-refractivity contribution in [3.05, 3.63) is 35.9 Å².